The lowest BCUT2D eigenvalue weighted by atomic mass is 9.47. The van der Waals surface area contributed by atoms with Gasteiger partial charge in [-0.3, -0.25) is 4.79 Å². The van der Waals surface area contributed by atoms with Crippen LogP contribution in [0.25, 0.3) is 0 Å². The zero-order valence-corrected chi connectivity index (χ0v) is 29.4. The lowest BCUT2D eigenvalue weighted by Crippen LogP contribution is -2.51. The molecule has 9 unspecified atom stereocenters. The molecule has 3 fully saturated rings. The van der Waals surface area contributed by atoms with Gasteiger partial charge in [-0.1, -0.05) is 78.4 Å². The third-order valence-electron chi connectivity index (χ3n) is 13.2. The largest absolute Gasteiger partial charge is 0.465 e. The standard InChI is InChI=1S/C39H70N2O3/c1-28(2)13-12-14-29(3)33-18-19-34-32-17-16-30-27-31(20-22-38(30,4)35(32)21-23-39(33,34)5)43-25-10-6-7-11-26-44-37(42)36(41)15-8-9-24-40/h16,28-29,31-36H,6-15,17-27,40-41H2,1-5H3. The maximum atomic E-state index is 12.0. The molecule has 0 bridgehead atoms. The Balaban J connectivity index is 1.16. The molecule has 254 valence electrons. The monoisotopic (exact) mass is 615 g/mol. The summed E-state index contributed by atoms with van der Waals surface area (Å²) < 4.78 is 11.8. The Kier molecular flexibility index (Phi) is 13.7. The molecule has 0 aromatic carbocycles. The second-order valence-electron chi connectivity index (χ2n) is 16.5. The first-order valence-corrected chi connectivity index (χ1v) is 19.0. The molecule has 0 spiro atoms. The highest BCUT2D eigenvalue weighted by atomic mass is 16.5. The van der Waals surface area contributed by atoms with E-state index in [2.05, 4.69) is 40.7 Å². The van der Waals surface area contributed by atoms with E-state index in [9.17, 15) is 4.79 Å². The highest BCUT2D eigenvalue weighted by molar-refractivity contribution is 5.75. The molecule has 4 N–H and O–H groups in total. The van der Waals surface area contributed by atoms with Crippen molar-refractivity contribution in [3.63, 3.8) is 0 Å². The van der Waals surface area contributed by atoms with Crippen molar-refractivity contribution in [3.05, 3.63) is 11.6 Å². The summed E-state index contributed by atoms with van der Waals surface area (Å²) in [5.41, 5.74) is 14.1. The molecule has 0 aromatic heterocycles. The lowest BCUT2D eigenvalue weighted by molar-refractivity contribution is -0.145. The Morgan fingerprint density at radius 2 is 1.66 bits per heavy atom. The van der Waals surface area contributed by atoms with Gasteiger partial charge in [-0.25, -0.2) is 0 Å². The number of fused-ring (bicyclic) bond motifs is 5. The van der Waals surface area contributed by atoms with Crippen LogP contribution in [0.15, 0.2) is 11.6 Å². The summed E-state index contributed by atoms with van der Waals surface area (Å²) in [7, 11) is 0. The summed E-state index contributed by atoms with van der Waals surface area (Å²) >= 11 is 0. The molecular formula is C39H70N2O3. The summed E-state index contributed by atoms with van der Waals surface area (Å²) in [6, 6.07) is -0.510. The van der Waals surface area contributed by atoms with Gasteiger partial charge in [0.15, 0.2) is 0 Å². The molecule has 5 heteroatoms. The number of hydrogen-bond acceptors (Lipinski definition) is 5. The smallest absolute Gasteiger partial charge is 0.322 e. The highest BCUT2D eigenvalue weighted by Crippen LogP contribution is 2.67. The Hall–Kier alpha value is -0.910. The molecule has 0 aromatic rings. The average Bonchev–Trinajstić information content (AvgIpc) is 3.35. The topological polar surface area (TPSA) is 87.6 Å². The van der Waals surface area contributed by atoms with Crippen molar-refractivity contribution >= 4 is 5.97 Å². The van der Waals surface area contributed by atoms with Crippen molar-refractivity contribution in [2.45, 2.75) is 162 Å². The fourth-order valence-corrected chi connectivity index (χ4v) is 10.5. The van der Waals surface area contributed by atoms with Gasteiger partial charge in [-0.05, 0) is 136 Å². The summed E-state index contributed by atoms with van der Waals surface area (Å²) in [5.74, 6) is 5.11. The Morgan fingerprint density at radius 1 is 0.886 bits per heavy atom. The second-order valence-corrected chi connectivity index (χ2v) is 16.5. The van der Waals surface area contributed by atoms with E-state index in [0.717, 1.165) is 87.1 Å². The molecule has 5 nitrogen and oxygen atoms in total. The molecule has 0 aliphatic heterocycles. The van der Waals surface area contributed by atoms with Gasteiger partial charge in [0.2, 0.25) is 0 Å². The molecule has 0 amide bonds. The number of nitrogens with two attached hydrogens (primary N) is 2. The summed E-state index contributed by atoms with van der Waals surface area (Å²) in [6.45, 7) is 14.7. The first-order valence-electron chi connectivity index (χ1n) is 19.0. The van der Waals surface area contributed by atoms with Gasteiger partial charge in [0.05, 0.1) is 12.7 Å². The number of esters is 1. The van der Waals surface area contributed by atoms with Crippen molar-refractivity contribution in [2.75, 3.05) is 19.8 Å². The number of unbranched alkanes of at least 4 members (excludes halogenated alkanes) is 4. The molecular weight excluding hydrogens is 544 g/mol. The Morgan fingerprint density at radius 3 is 2.41 bits per heavy atom. The van der Waals surface area contributed by atoms with Crippen LogP contribution >= 0.6 is 0 Å². The zero-order valence-electron chi connectivity index (χ0n) is 29.4. The molecule has 0 heterocycles. The van der Waals surface area contributed by atoms with E-state index in [1.54, 1.807) is 5.57 Å². The number of hydrogen-bond donors (Lipinski definition) is 2. The highest BCUT2D eigenvalue weighted by Gasteiger charge is 2.59. The van der Waals surface area contributed by atoms with Crippen LogP contribution in [0.5, 0.6) is 0 Å². The molecule has 4 aliphatic carbocycles. The fourth-order valence-electron chi connectivity index (χ4n) is 10.5. The zero-order chi connectivity index (χ0) is 31.7. The van der Waals surface area contributed by atoms with Crippen molar-refractivity contribution in [3.8, 4) is 0 Å². The van der Waals surface area contributed by atoms with Crippen LogP contribution < -0.4 is 11.5 Å². The minimum Gasteiger partial charge on any atom is -0.465 e. The van der Waals surface area contributed by atoms with E-state index in [0.29, 0.717) is 36.5 Å². The van der Waals surface area contributed by atoms with Crippen molar-refractivity contribution in [2.24, 2.45) is 57.8 Å². The molecule has 0 saturated heterocycles. The summed E-state index contributed by atoms with van der Waals surface area (Å²) in [4.78, 5) is 12.0. The van der Waals surface area contributed by atoms with Crippen molar-refractivity contribution in [1.82, 2.24) is 0 Å². The first kappa shape index (κ1) is 35.9. The van der Waals surface area contributed by atoms with E-state index >= 15 is 0 Å². The average molecular weight is 615 g/mol. The third kappa shape index (κ3) is 8.71. The number of carbonyl (C=O) groups is 1. The maximum absolute atomic E-state index is 12.0. The lowest BCUT2D eigenvalue weighted by Gasteiger charge is -2.58. The van der Waals surface area contributed by atoms with Crippen LogP contribution in [-0.2, 0) is 14.3 Å². The number of allylic oxidation sites excluding steroid dienone is 1. The van der Waals surface area contributed by atoms with Gasteiger partial charge in [0.1, 0.15) is 6.04 Å². The minimum absolute atomic E-state index is 0.269. The van der Waals surface area contributed by atoms with Crippen LogP contribution in [0, 0.1) is 46.3 Å². The van der Waals surface area contributed by atoms with Crippen LogP contribution in [0.2, 0.25) is 0 Å². The number of ether oxygens (including phenoxy) is 2. The predicted octanol–water partition coefficient (Wildman–Crippen LogP) is 8.97. The third-order valence-corrected chi connectivity index (χ3v) is 13.2. The summed E-state index contributed by atoms with van der Waals surface area (Å²) in [6.07, 6.45) is 24.8. The number of rotatable bonds is 18. The van der Waals surface area contributed by atoms with E-state index in [1.807, 2.05) is 0 Å². The maximum Gasteiger partial charge on any atom is 0.322 e. The minimum atomic E-state index is -0.510. The van der Waals surface area contributed by atoms with Gasteiger partial charge in [-0.15, -0.1) is 0 Å². The molecule has 9 atom stereocenters. The normalized spacial score (nSPS) is 34.5. The second kappa shape index (κ2) is 16.8. The quantitative estimate of drug-likeness (QED) is 0.0914. The van der Waals surface area contributed by atoms with Crippen LogP contribution in [-0.4, -0.2) is 37.9 Å². The van der Waals surface area contributed by atoms with E-state index in [4.69, 9.17) is 20.9 Å². The molecule has 4 aliphatic rings. The van der Waals surface area contributed by atoms with Crippen LogP contribution in [0.1, 0.15) is 150 Å². The van der Waals surface area contributed by atoms with Crippen molar-refractivity contribution in [1.29, 1.82) is 0 Å². The van der Waals surface area contributed by atoms with E-state index in [1.165, 1.54) is 64.2 Å². The molecule has 44 heavy (non-hydrogen) atoms. The van der Waals surface area contributed by atoms with Crippen molar-refractivity contribution < 1.29 is 14.3 Å². The van der Waals surface area contributed by atoms with Gasteiger partial charge in [0.25, 0.3) is 0 Å². The molecule has 0 radical (unpaired) electrons. The Bertz CT molecular complexity index is 919. The summed E-state index contributed by atoms with van der Waals surface area (Å²) in [5, 5.41) is 0. The van der Waals surface area contributed by atoms with Crippen LogP contribution in [0.3, 0.4) is 0 Å². The van der Waals surface area contributed by atoms with Gasteiger partial charge < -0.3 is 20.9 Å². The fraction of sp³-hybridized carbons (Fsp3) is 0.923. The van der Waals surface area contributed by atoms with Gasteiger partial charge in [-0.2, -0.15) is 0 Å². The SMILES string of the molecule is CC(C)CCCC(C)C1CCC2C3CC=C4CC(OCCCCCCOC(=O)C(N)CCCCN)CCC4(C)C3CCC12C. The van der Waals surface area contributed by atoms with Gasteiger partial charge in [0, 0.05) is 6.61 Å². The Labute approximate surface area is 271 Å². The van der Waals surface area contributed by atoms with E-state index < -0.39 is 6.04 Å². The van der Waals surface area contributed by atoms with Crippen LogP contribution in [0.4, 0.5) is 0 Å². The predicted molar refractivity (Wildman–Crippen MR) is 183 cm³/mol. The molecule has 4 rings (SSSR count). The number of carbonyl (C=O) groups excluding carboxylic acids is 1. The first-order chi connectivity index (χ1) is 21.1. The van der Waals surface area contributed by atoms with Gasteiger partial charge >= 0.3 is 5.97 Å². The van der Waals surface area contributed by atoms with E-state index in [-0.39, 0.29) is 5.97 Å². The molecule has 3 saturated carbocycles.